The maximum absolute atomic E-state index is 13.5. The molecule has 2 aliphatic heterocycles. The van der Waals surface area contributed by atoms with Gasteiger partial charge in [0.1, 0.15) is 11.1 Å². The zero-order valence-corrected chi connectivity index (χ0v) is 21.1. The molecule has 0 bridgehead atoms. The zero-order valence-electron chi connectivity index (χ0n) is 19.4. The number of nitrogens with zero attached hydrogens (tertiary/aromatic N) is 3. The van der Waals surface area contributed by atoms with Crippen molar-refractivity contribution in [2.24, 2.45) is 5.73 Å². The Morgan fingerprint density at radius 3 is 2.86 bits per heavy atom. The second-order valence-electron chi connectivity index (χ2n) is 8.65. The summed E-state index contributed by atoms with van der Waals surface area (Å²) in [6.07, 6.45) is 5.74. The molecule has 2 aliphatic rings. The predicted molar refractivity (Wildman–Crippen MR) is 135 cm³/mol. The van der Waals surface area contributed by atoms with Crippen molar-refractivity contribution in [2.75, 3.05) is 26.7 Å². The van der Waals surface area contributed by atoms with Crippen molar-refractivity contribution in [3.63, 3.8) is 0 Å². The molecule has 0 saturated carbocycles. The number of benzene rings is 1. The molecule has 2 atom stereocenters. The molecule has 0 spiro atoms. The van der Waals surface area contributed by atoms with Gasteiger partial charge in [0, 0.05) is 61.0 Å². The monoisotopic (exact) mass is 527 g/mol. The van der Waals surface area contributed by atoms with E-state index in [2.05, 4.69) is 26.5 Å². The van der Waals surface area contributed by atoms with Crippen LogP contribution in [0.5, 0.6) is 0 Å². The lowest BCUT2D eigenvalue weighted by molar-refractivity contribution is -0.126. The number of carbonyl (C=O) groups is 2. The molecule has 11 nitrogen and oxygen atoms in total. The Hall–Kier alpha value is -3.28. The lowest BCUT2D eigenvalue weighted by Crippen LogP contribution is -2.61. The third-order valence-electron chi connectivity index (χ3n) is 6.43. The Labute approximate surface area is 212 Å². The summed E-state index contributed by atoms with van der Waals surface area (Å²) in [5.74, 6) is 1.68. The van der Waals surface area contributed by atoms with E-state index in [1.54, 1.807) is 18.2 Å². The Morgan fingerprint density at radius 1 is 1.31 bits per heavy atom. The fourth-order valence-corrected chi connectivity index (χ4v) is 6.93. The van der Waals surface area contributed by atoms with Gasteiger partial charge in [-0.1, -0.05) is 5.92 Å². The lowest BCUT2D eigenvalue weighted by atomic mass is 10.1. The summed E-state index contributed by atoms with van der Waals surface area (Å²) < 4.78 is 28.2. The van der Waals surface area contributed by atoms with Gasteiger partial charge >= 0.3 is 0 Å². The molecule has 13 heteroatoms. The largest absolute Gasteiger partial charge is 0.357 e. The van der Waals surface area contributed by atoms with Crippen molar-refractivity contribution in [3.8, 4) is 12.3 Å². The third-order valence-corrected chi connectivity index (χ3v) is 9.31. The first kappa shape index (κ1) is 24.4. The predicted octanol–water partition coefficient (Wildman–Crippen LogP) is -0.202. The quantitative estimate of drug-likeness (QED) is 0.343. The van der Waals surface area contributed by atoms with Crippen LogP contribution in [0, 0.1) is 12.3 Å². The van der Waals surface area contributed by atoms with Crippen LogP contribution in [0.1, 0.15) is 25.9 Å². The van der Waals surface area contributed by atoms with Crippen molar-refractivity contribution in [3.05, 3.63) is 45.4 Å². The van der Waals surface area contributed by atoms with Gasteiger partial charge in [-0.25, -0.2) is 13.4 Å². The second-order valence-corrected chi connectivity index (χ2v) is 11.6. The number of terminal acetylenes is 1. The first-order valence-corrected chi connectivity index (χ1v) is 13.6. The second kappa shape index (κ2) is 9.30. The van der Waals surface area contributed by atoms with Gasteiger partial charge in [-0.15, -0.1) is 17.8 Å². The topological polar surface area (TPSA) is 154 Å². The Kier molecular flexibility index (Phi) is 6.31. The number of thiazole rings is 1. The Bertz CT molecular complexity index is 1500. The van der Waals surface area contributed by atoms with Gasteiger partial charge < -0.3 is 20.9 Å². The number of likely N-dealkylation sites (N-methyl/N-ethyl adjacent to an activating group) is 1. The molecular formula is C23H25N7O4S2. The maximum atomic E-state index is 13.5. The van der Waals surface area contributed by atoms with Crippen LogP contribution in [-0.2, 0) is 27.8 Å². The highest BCUT2D eigenvalue weighted by Gasteiger charge is 2.41. The molecule has 5 N–H and O–H groups in total. The van der Waals surface area contributed by atoms with Crippen molar-refractivity contribution < 1.29 is 18.0 Å². The maximum Gasteiger partial charge on any atom is 0.283 e. The van der Waals surface area contributed by atoms with E-state index in [-0.39, 0.29) is 35.8 Å². The van der Waals surface area contributed by atoms with E-state index < -0.39 is 27.9 Å². The number of sulfonamides is 1. The number of carbonyl (C=O) groups excluding carboxylic acids is 2. The minimum Gasteiger partial charge on any atom is -0.357 e. The van der Waals surface area contributed by atoms with E-state index in [0.717, 1.165) is 10.6 Å². The van der Waals surface area contributed by atoms with Gasteiger partial charge in [-0.05, 0) is 24.3 Å². The molecule has 1 fully saturated rings. The van der Waals surface area contributed by atoms with E-state index >= 15 is 0 Å². The molecule has 188 valence electrons. The molecule has 0 radical (unpaired) electrons. The number of nitrogens with one attached hydrogen (secondary N) is 3. The number of hydrogen-bond donors (Lipinski definition) is 4. The van der Waals surface area contributed by atoms with Crippen molar-refractivity contribution in [1.29, 1.82) is 0 Å². The lowest BCUT2D eigenvalue weighted by Gasteiger charge is -2.39. The van der Waals surface area contributed by atoms with E-state index in [1.807, 2.05) is 0 Å². The molecule has 3 aromatic rings. The highest BCUT2D eigenvalue weighted by molar-refractivity contribution is 7.89. The van der Waals surface area contributed by atoms with Gasteiger partial charge in [0.25, 0.3) is 15.9 Å². The van der Waals surface area contributed by atoms with Crippen molar-refractivity contribution >= 4 is 44.1 Å². The van der Waals surface area contributed by atoms with Gasteiger partial charge in [-0.2, -0.15) is 4.31 Å². The fourth-order valence-electron chi connectivity index (χ4n) is 4.48. The molecular weight excluding hydrogens is 502 g/mol. The smallest absolute Gasteiger partial charge is 0.283 e. The zero-order chi connectivity index (χ0) is 25.6. The highest BCUT2D eigenvalue weighted by atomic mass is 32.2. The molecule has 2 aromatic heterocycles. The molecule has 0 aliphatic carbocycles. The number of nitrogens with two attached hydrogens (primary N) is 1. The summed E-state index contributed by atoms with van der Waals surface area (Å²) >= 11 is 1.27. The number of piperazine rings is 1. The number of amides is 2. The van der Waals surface area contributed by atoms with Crippen LogP contribution in [0.3, 0.4) is 0 Å². The molecule has 2 unspecified atom stereocenters. The van der Waals surface area contributed by atoms with Crippen LogP contribution in [0.4, 0.5) is 0 Å². The number of fused-ring (bicyclic) bond motifs is 2. The third kappa shape index (κ3) is 4.27. The Morgan fingerprint density at radius 2 is 2.11 bits per heavy atom. The van der Waals surface area contributed by atoms with Crippen LogP contribution in [0.15, 0.2) is 29.3 Å². The van der Waals surface area contributed by atoms with Gasteiger partial charge in [-0.3, -0.25) is 14.9 Å². The minimum atomic E-state index is -3.97. The SMILES string of the molecule is C#Cc1ccc2[nH]c(S(=O)(=O)N3CCN(C(=O)c4nc5c(s4)CNC(N)C5)C(C(=O)NC)C3)cc2c1. The normalized spacial score (nSPS) is 20.6. The molecule has 5 rings (SSSR count). The van der Waals surface area contributed by atoms with Crippen LogP contribution < -0.4 is 16.4 Å². The number of hydrogen-bond acceptors (Lipinski definition) is 8. The summed E-state index contributed by atoms with van der Waals surface area (Å²) in [6.45, 7) is 0.416. The van der Waals surface area contributed by atoms with Crippen molar-refractivity contribution in [2.45, 2.75) is 30.2 Å². The van der Waals surface area contributed by atoms with E-state index in [4.69, 9.17) is 12.2 Å². The average molecular weight is 528 g/mol. The Balaban J connectivity index is 1.40. The van der Waals surface area contributed by atoms with E-state index in [0.29, 0.717) is 29.4 Å². The van der Waals surface area contributed by atoms with Crippen molar-refractivity contribution in [1.82, 2.24) is 29.8 Å². The van der Waals surface area contributed by atoms with Crippen LogP contribution in [0.25, 0.3) is 10.9 Å². The van der Waals surface area contributed by atoms with Gasteiger partial charge in [0.15, 0.2) is 5.01 Å². The number of rotatable bonds is 4. The molecule has 1 saturated heterocycles. The van der Waals surface area contributed by atoms with E-state index in [1.165, 1.54) is 33.7 Å². The number of H-pyrrole nitrogens is 1. The molecule has 1 aromatic carbocycles. The standard InChI is InChI=1S/C23H25N7O4S2/c1-3-13-4-5-15-14(8-13)9-20(27-15)36(33,34)29-6-7-30(17(12-29)21(31)25-2)23(32)22-28-16-10-19(24)26-11-18(16)35-22/h1,4-5,8-9,17,19,26-27H,6-7,10-12,24H2,2H3,(H,25,31). The van der Waals surface area contributed by atoms with Gasteiger partial charge in [0.2, 0.25) is 5.91 Å². The van der Waals surface area contributed by atoms with E-state index in [9.17, 15) is 18.0 Å². The highest BCUT2D eigenvalue weighted by Crippen LogP contribution is 2.27. The summed E-state index contributed by atoms with van der Waals surface area (Å²) in [5.41, 5.74) is 7.98. The fraction of sp³-hybridized carbons (Fsp3) is 0.348. The number of aromatic nitrogens is 2. The summed E-state index contributed by atoms with van der Waals surface area (Å²) in [6, 6.07) is 5.69. The summed E-state index contributed by atoms with van der Waals surface area (Å²) in [5, 5.41) is 6.61. The summed E-state index contributed by atoms with van der Waals surface area (Å²) in [4.78, 5) is 35.9. The first-order valence-electron chi connectivity index (χ1n) is 11.3. The molecule has 36 heavy (non-hydrogen) atoms. The van der Waals surface area contributed by atoms with Crippen LogP contribution in [-0.4, -0.2) is 78.3 Å². The van der Waals surface area contributed by atoms with Crippen LogP contribution in [0.2, 0.25) is 0 Å². The molecule has 4 heterocycles. The van der Waals surface area contributed by atoms with Gasteiger partial charge in [0.05, 0.1) is 11.9 Å². The summed E-state index contributed by atoms with van der Waals surface area (Å²) in [7, 11) is -2.51. The van der Waals surface area contributed by atoms with Crippen LogP contribution >= 0.6 is 11.3 Å². The number of aromatic amines is 1. The average Bonchev–Trinajstić information content (AvgIpc) is 3.51. The molecule has 2 amide bonds. The first-order chi connectivity index (χ1) is 17.2. The minimum absolute atomic E-state index is 0.00135.